The fraction of sp³-hybridized carbons (Fsp3) is 0.360. The molecule has 5 heteroatoms. The minimum atomic E-state index is -0.102. The lowest BCUT2D eigenvalue weighted by atomic mass is 10.1. The van der Waals surface area contributed by atoms with Gasteiger partial charge < -0.3 is 9.64 Å². The molecule has 3 aromatic rings. The van der Waals surface area contributed by atoms with Gasteiger partial charge in [-0.25, -0.2) is 4.68 Å². The Kier molecular flexibility index (Phi) is 6.60. The number of ether oxygens (including phenoxy) is 1. The number of aromatic nitrogens is 2. The average molecular weight is 404 g/mol. The van der Waals surface area contributed by atoms with Gasteiger partial charge in [0.15, 0.2) is 0 Å². The van der Waals surface area contributed by atoms with Crippen LogP contribution >= 0.6 is 0 Å². The Morgan fingerprint density at radius 1 is 1.03 bits per heavy atom. The molecule has 0 spiro atoms. The van der Waals surface area contributed by atoms with Gasteiger partial charge in [0.05, 0.1) is 18.8 Å². The van der Waals surface area contributed by atoms with Crippen LogP contribution in [0.4, 0.5) is 0 Å². The molecule has 1 unspecified atom stereocenters. The summed E-state index contributed by atoms with van der Waals surface area (Å²) in [6, 6.07) is 21.9. The van der Waals surface area contributed by atoms with E-state index in [2.05, 4.69) is 16.9 Å². The smallest absolute Gasteiger partial charge is 0.267 e. The van der Waals surface area contributed by atoms with E-state index in [-0.39, 0.29) is 5.56 Å². The Hall–Kier alpha value is -2.92. The topological polar surface area (TPSA) is 47.4 Å². The van der Waals surface area contributed by atoms with E-state index in [0.717, 1.165) is 42.1 Å². The van der Waals surface area contributed by atoms with Crippen LogP contribution in [0.3, 0.4) is 0 Å². The van der Waals surface area contributed by atoms with Gasteiger partial charge in [0.25, 0.3) is 5.56 Å². The molecular weight excluding hydrogens is 374 g/mol. The zero-order valence-corrected chi connectivity index (χ0v) is 17.5. The maximum absolute atomic E-state index is 12.2. The lowest BCUT2D eigenvalue weighted by Gasteiger charge is -2.20. The maximum Gasteiger partial charge on any atom is 0.267 e. The monoisotopic (exact) mass is 403 g/mol. The molecule has 1 aromatic heterocycles. The predicted octanol–water partition coefficient (Wildman–Crippen LogP) is 4.21. The maximum atomic E-state index is 12.2. The second-order valence-corrected chi connectivity index (χ2v) is 7.95. The number of nitrogens with zero attached hydrogens (tertiary/aromatic N) is 3. The summed E-state index contributed by atoms with van der Waals surface area (Å²) >= 11 is 0. The van der Waals surface area contributed by atoms with Gasteiger partial charge in [-0.1, -0.05) is 30.3 Å². The van der Waals surface area contributed by atoms with Gasteiger partial charge in [0.2, 0.25) is 0 Å². The summed E-state index contributed by atoms with van der Waals surface area (Å²) in [6.07, 6.45) is 3.67. The van der Waals surface area contributed by atoms with E-state index in [0.29, 0.717) is 12.6 Å². The first-order valence-corrected chi connectivity index (χ1v) is 10.8. The summed E-state index contributed by atoms with van der Waals surface area (Å²) in [5.74, 6) is 0.867. The molecule has 1 aliphatic heterocycles. The second kappa shape index (κ2) is 9.72. The first-order valence-electron chi connectivity index (χ1n) is 10.8. The van der Waals surface area contributed by atoms with Crippen LogP contribution in [0.2, 0.25) is 0 Å². The van der Waals surface area contributed by atoms with E-state index >= 15 is 0 Å². The molecule has 0 amide bonds. The fourth-order valence-electron chi connectivity index (χ4n) is 3.98. The number of hydrogen-bond acceptors (Lipinski definition) is 4. The quantitative estimate of drug-likeness (QED) is 0.529. The zero-order valence-electron chi connectivity index (χ0n) is 17.5. The third kappa shape index (κ3) is 5.16. The highest BCUT2D eigenvalue weighted by Crippen LogP contribution is 2.21. The van der Waals surface area contributed by atoms with E-state index in [1.54, 1.807) is 12.1 Å². The minimum Gasteiger partial charge on any atom is -0.494 e. The normalized spacial score (nSPS) is 16.6. The van der Waals surface area contributed by atoms with Crippen molar-refractivity contribution in [2.24, 2.45) is 0 Å². The van der Waals surface area contributed by atoms with Crippen LogP contribution in [-0.2, 0) is 6.54 Å². The van der Waals surface area contributed by atoms with Gasteiger partial charge in [-0.05, 0) is 68.6 Å². The van der Waals surface area contributed by atoms with E-state index in [1.807, 2.05) is 54.6 Å². The fourth-order valence-corrected chi connectivity index (χ4v) is 3.98. The molecule has 156 valence electrons. The van der Waals surface area contributed by atoms with Gasteiger partial charge in [-0.3, -0.25) is 4.79 Å². The summed E-state index contributed by atoms with van der Waals surface area (Å²) in [5, 5.41) is 4.55. The summed E-state index contributed by atoms with van der Waals surface area (Å²) in [7, 11) is 0. The van der Waals surface area contributed by atoms with Crippen molar-refractivity contribution < 1.29 is 4.74 Å². The molecule has 1 atom stereocenters. The first kappa shape index (κ1) is 20.4. The summed E-state index contributed by atoms with van der Waals surface area (Å²) in [5.41, 5.74) is 2.70. The molecule has 4 rings (SSSR count). The van der Waals surface area contributed by atoms with E-state index in [4.69, 9.17) is 4.74 Å². The Labute approximate surface area is 177 Å². The molecule has 1 saturated heterocycles. The molecule has 1 aliphatic rings. The van der Waals surface area contributed by atoms with Gasteiger partial charge in [-0.15, -0.1) is 0 Å². The second-order valence-electron chi connectivity index (χ2n) is 7.95. The number of hydrogen-bond donors (Lipinski definition) is 0. The molecule has 2 heterocycles. The van der Waals surface area contributed by atoms with Crippen LogP contribution in [0.15, 0.2) is 71.5 Å². The predicted molar refractivity (Wildman–Crippen MR) is 120 cm³/mol. The molecule has 0 saturated carbocycles. The lowest BCUT2D eigenvalue weighted by Crippen LogP contribution is -2.28. The van der Waals surface area contributed by atoms with E-state index in [9.17, 15) is 4.79 Å². The van der Waals surface area contributed by atoms with E-state index < -0.39 is 0 Å². The average Bonchev–Trinajstić information content (AvgIpc) is 3.19. The third-order valence-corrected chi connectivity index (χ3v) is 5.74. The van der Waals surface area contributed by atoms with Crippen molar-refractivity contribution in [2.75, 3.05) is 19.7 Å². The highest BCUT2D eigenvalue weighted by Gasteiger charge is 2.19. The van der Waals surface area contributed by atoms with Crippen molar-refractivity contribution in [3.05, 3.63) is 82.6 Å². The van der Waals surface area contributed by atoms with Crippen molar-refractivity contribution in [2.45, 2.75) is 38.8 Å². The van der Waals surface area contributed by atoms with Crippen molar-refractivity contribution in [3.63, 3.8) is 0 Å². The van der Waals surface area contributed by atoms with E-state index in [1.165, 1.54) is 24.1 Å². The molecule has 2 aromatic carbocycles. The van der Waals surface area contributed by atoms with Crippen LogP contribution in [0, 0.1) is 0 Å². The summed E-state index contributed by atoms with van der Waals surface area (Å²) in [6.45, 7) is 5.82. The number of benzene rings is 2. The first-order chi connectivity index (χ1) is 14.7. The number of likely N-dealkylation sites (tertiary alicyclic amines) is 1. The van der Waals surface area contributed by atoms with Crippen LogP contribution in [0.5, 0.6) is 5.75 Å². The highest BCUT2D eigenvalue weighted by molar-refractivity contribution is 5.59. The van der Waals surface area contributed by atoms with Gasteiger partial charge in [0.1, 0.15) is 5.75 Å². The van der Waals surface area contributed by atoms with Gasteiger partial charge in [-0.2, -0.15) is 5.10 Å². The third-order valence-electron chi connectivity index (χ3n) is 5.74. The SMILES string of the molecule is CC1CCCN1CCCOc1ccc(-c2ccc(=O)n(Cc3ccccc3)n2)cc1. The Bertz CT molecular complexity index is 999. The van der Waals surface area contributed by atoms with Crippen LogP contribution in [-0.4, -0.2) is 40.4 Å². The largest absolute Gasteiger partial charge is 0.494 e. The van der Waals surface area contributed by atoms with Crippen LogP contribution in [0.1, 0.15) is 31.7 Å². The molecule has 0 bridgehead atoms. The lowest BCUT2D eigenvalue weighted by molar-refractivity contribution is 0.230. The Morgan fingerprint density at radius 2 is 1.83 bits per heavy atom. The zero-order chi connectivity index (χ0) is 20.8. The summed E-state index contributed by atoms with van der Waals surface area (Å²) in [4.78, 5) is 14.7. The molecule has 1 fully saturated rings. The Balaban J connectivity index is 1.35. The summed E-state index contributed by atoms with van der Waals surface area (Å²) < 4.78 is 7.42. The van der Waals surface area contributed by atoms with Crippen molar-refractivity contribution in [1.29, 1.82) is 0 Å². The standard InChI is InChI=1S/C25H29N3O2/c1-20-7-5-16-27(20)17-6-18-30-23-12-10-22(11-13-23)24-14-15-25(29)28(26-24)19-21-8-3-2-4-9-21/h2-4,8-15,20H,5-7,16-19H2,1H3. The van der Waals surface area contributed by atoms with Crippen molar-refractivity contribution in [1.82, 2.24) is 14.7 Å². The highest BCUT2D eigenvalue weighted by atomic mass is 16.5. The molecular formula is C25H29N3O2. The minimum absolute atomic E-state index is 0.102. The van der Waals surface area contributed by atoms with Crippen LogP contribution in [0.25, 0.3) is 11.3 Å². The Morgan fingerprint density at radius 3 is 2.57 bits per heavy atom. The van der Waals surface area contributed by atoms with Crippen LogP contribution < -0.4 is 10.3 Å². The van der Waals surface area contributed by atoms with Crippen molar-refractivity contribution >= 4 is 0 Å². The molecule has 0 N–H and O–H groups in total. The molecule has 0 aliphatic carbocycles. The van der Waals surface area contributed by atoms with Crippen molar-refractivity contribution in [3.8, 4) is 17.0 Å². The van der Waals surface area contributed by atoms with Gasteiger partial charge in [0, 0.05) is 24.2 Å². The van der Waals surface area contributed by atoms with Gasteiger partial charge >= 0.3 is 0 Å². The number of rotatable bonds is 8. The molecule has 5 nitrogen and oxygen atoms in total. The molecule has 30 heavy (non-hydrogen) atoms. The molecule has 0 radical (unpaired) electrons.